The maximum Gasteiger partial charge on any atom is 0.237 e. The first-order valence-electron chi connectivity index (χ1n) is 7.46. The Morgan fingerprint density at radius 3 is 2.62 bits per heavy atom. The van der Waals surface area contributed by atoms with E-state index in [0.717, 1.165) is 11.3 Å². The zero-order valence-corrected chi connectivity index (χ0v) is 13.8. The van der Waals surface area contributed by atoms with Crippen LogP contribution in [0.1, 0.15) is 6.92 Å². The predicted molar refractivity (Wildman–Crippen MR) is 94.4 cm³/mol. The van der Waals surface area contributed by atoms with E-state index in [4.69, 9.17) is 0 Å². The molecule has 2 aromatic carbocycles. The van der Waals surface area contributed by atoms with E-state index in [9.17, 15) is 9.18 Å². The van der Waals surface area contributed by atoms with Crippen molar-refractivity contribution in [1.29, 1.82) is 0 Å². The van der Waals surface area contributed by atoms with E-state index in [1.807, 2.05) is 30.3 Å². The Hall–Kier alpha value is -2.60. The fourth-order valence-corrected chi connectivity index (χ4v) is 2.93. The van der Waals surface area contributed by atoms with Gasteiger partial charge in [-0.05, 0) is 24.6 Å². The SMILES string of the molecule is C[C@H](Sc1ncc(-c2ccccc2)[nH]1)C(=O)Nc1ccccc1F. The third-order valence-corrected chi connectivity index (χ3v) is 4.43. The molecule has 3 aromatic rings. The summed E-state index contributed by atoms with van der Waals surface area (Å²) in [6.45, 7) is 1.76. The number of hydrogen-bond donors (Lipinski definition) is 2. The average molecular weight is 341 g/mol. The highest BCUT2D eigenvalue weighted by Gasteiger charge is 2.17. The number of carbonyl (C=O) groups is 1. The molecule has 0 unspecified atom stereocenters. The molecule has 3 rings (SSSR count). The van der Waals surface area contributed by atoms with Gasteiger partial charge in [0.1, 0.15) is 5.82 Å². The summed E-state index contributed by atoms with van der Waals surface area (Å²) >= 11 is 1.29. The molecule has 24 heavy (non-hydrogen) atoms. The van der Waals surface area contributed by atoms with Crippen LogP contribution >= 0.6 is 11.8 Å². The van der Waals surface area contributed by atoms with Crippen LogP contribution in [0.3, 0.4) is 0 Å². The van der Waals surface area contributed by atoms with Gasteiger partial charge in [0.05, 0.1) is 22.8 Å². The number of halogens is 1. The highest BCUT2D eigenvalue weighted by atomic mass is 32.2. The molecule has 0 saturated carbocycles. The van der Waals surface area contributed by atoms with E-state index in [1.165, 1.54) is 23.9 Å². The largest absolute Gasteiger partial charge is 0.333 e. The number of aromatic amines is 1. The van der Waals surface area contributed by atoms with Crippen LogP contribution in [0, 0.1) is 5.82 Å². The molecule has 0 bridgehead atoms. The molecule has 0 aliphatic carbocycles. The van der Waals surface area contributed by atoms with Crippen molar-refractivity contribution in [3.8, 4) is 11.3 Å². The normalized spacial score (nSPS) is 11.9. The fourth-order valence-electron chi connectivity index (χ4n) is 2.15. The second-order valence-corrected chi connectivity index (χ2v) is 6.53. The lowest BCUT2D eigenvalue weighted by Gasteiger charge is -2.11. The first-order chi connectivity index (χ1) is 11.6. The van der Waals surface area contributed by atoms with Gasteiger partial charge in [0.2, 0.25) is 5.91 Å². The number of imidazole rings is 1. The second-order valence-electron chi connectivity index (χ2n) is 5.20. The van der Waals surface area contributed by atoms with Crippen LogP contribution in [0.15, 0.2) is 66.0 Å². The van der Waals surface area contributed by atoms with Gasteiger partial charge in [-0.2, -0.15) is 0 Å². The summed E-state index contributed by atoms with van der Waals surface area (Å²) in [7, 11) is 0. The highest BCUT2D eigenvalue weighted by molar-refractivity contribution is 8.00. The molecule has 6 heteroatoms. The summed E-state index contributed by atoms with van der Waals surface area (Å²) in [5.41, 5.74) is 2.10. The topological polar surface area (TPSA) is 57.8 Å². The first-order valence-corrected chi connectivity index (χ1v) is 8.34. The Balaban J connectivity index is 1.65. The minimum atomic E-state index is -0.451. The number of para-hydroxylation sites is 1. The lowest BCUT2D eigenvalue weighted by molar-refractivity contribution is -0.115. The molecule has 122 valence electrons. The van der Waals surface area contributed by atoms with Crippen molar-refractivity contribution in [2.75, 3.05) is 5.32 Å². The van der Waals surface area contributed by atoms with E-state index in [2.05, 4.69) is 15.3 Å². The molecule has 0 aliphatic heterocycles. The number of carbonyl (C=O) groups excluding carboxylic acids is 1. The van der Waals surface area contributed by atoms with Crippen LogP contribution in [0.5, 0.6) is 0 Å². The molecule has 0 spiro atoms. The maximum absolute atomic E-state index is 13.6. The minimum absolute atomic E-state index is 0.180. The number of benzene rings is 2. The number of aromatic nitrogens is 2. The standard InChI is InChI=1S/C18H16FN3OS/c1-12(17(23)21-15-10-6-5-9-14(15)19)24-18-20-11-16(22-18)13-7-3-2-4-8-13/h2-12H,1H3,(H,20,22)(H,21,23)/t12-/m0/s1. The number of nitrogens with zero attached hydrogens (tertiary/aromatic N) is 1. The fraction of sp³-hybridized carbons (Fsp3) is 0.111. The van der Waals surface area contributed by atoms with Crippen molar-refractivity contribution >= 4 is 23.4 Å². The Kier molecular flexibility index (Phi) is 4.96. The zero-order valence-electron chi connectivity index (χ0n) is 13.0. The van der Waals surface area contributed by atoms with Crippen LogP contribution in [-0.4, -0.2) is 21.1 Å². The number of thioether (sulfide) groups is 1. The van der Waals surface area contributed by atoms with Gasteiger partial charge in [-0.25, -0.2) is 9.37 Å². The lowest BCUT2D eigenvalue weighted by atomic mass is 10.2. The van der Waals surface area contributed by atoms with E-state index < -0.39 is 11.1 Å². The number of rotatable bonds is 5. The first kappa shape index (κ1) is 16.3. The van der Waals surface area contributed by atoms with Crippen LogP contribution in [-0.2, 0) is 4.79 Å². The maximum atomic E-state index is 13.6. The molecular weight excluding hydrogens is 325 g/mol. The Morgan fingerprint density at radius 2 is 1.88 bits per heavy atom. The van der Waals surface area contributed by atoms with Crippen molar-refractivity contribution in [2.24, 2.45) is 0 Å². The van der Waals surface area contributed by atoms with Crippen LogP contribution in [0.2, 0.25) is 0 Å². The molecule has 0 fully saturated rings. The van der Waals surface area contributed by atoms with Crippen molar-refractivity contribution < 1.29 is 9.18 Å². The smallest absolute Gasteiger partial charge is 0.237 e. The van der Waals surface area contributed by atoms with Gasteiger partial charge in [-0.1, -0.05) is 54.2 Å². The molecule has 0 saturated heterocycles. The second kappa shape index (κ2) is 7.31. The monoisotopic (exact) mass is 341 g/mol. The minimum Gasteiger partial charge on any atom is -0.333 e. The molecule has 2 N–H and O–H groups in total. The molecule has 0 radical (unpaired) electrons. The molecule has 1 heterocycles. The number of amides is 1. The Labute approximate surface area is 143 Å². The Morgan fingerprint density at radius 1 is 1.17 bits per heavy atom. The predicted octanol–water partition coefficient (Wildman–Crippen LogP) is 4.34. The number of nitrogens with one attached hydrogen (secondary N) is 2. The van der Waals surface area contributed by atoms with Crippen LogP contribution in [0.25, 0.3) is 11.3 Å². The van der Waals surface area contributed by atoms with Crippen molar-refractivity contribution in [2.45, 2.75) is 17.3 Å². The van der Waals surface area contributed by atoms with E-state index >= 15 is 0 Å². The van der Waals surface area contributed by atoms with Crippen LogP contribution in [0.4, 0.5) is 10.1 Å². The number of hydrogen-bond acceptors (Lipinski definition) is 3. The van der Waals surface area contributed by atoms with E-state index in [1.54, 1.807) is 25.3 Å². The quantitative estimate of drug-likeness (QED) is 0.679. The average Bonchev–Trinajstić information content (AvgIpc) is 3.06. The van der Waals surface area contributed by atoms with Gasteiger partial charge in [-0.15, -0.1) is 0 Å². The summed E-state index contributed by atoms with van der Waals surface area (Å²) in [6.07, 6.45) is 1.74. The summed E-state index contributed by atoms with van der Waals surface area (Å²) in [5.74, 6) is -0.727. The van der Waals surface area contributed by atoms with Gasteiger partial charge >= 0.3 is 0 Å². The Bertz CT molecular complexity index is 835. The zero-order chi connectivity index (χ0) is 16.9. The van der Waals surface area contributed by atoms with Crippen molar-refractivity contribution in [1.82, 2.24) is 9.97 Å². The molecule has 1 amide bonds. The van der Waals surface area contributed by atoms with Crippen LogP contribution < -0.4 is 5.32 Å². The van der Waals surface area contributed by atoms with E-state index in [-0.39, 0.29) is 11.6 Å². The van der Waals surface area contributed by atoms with E-state index in [0.29, 0.717) is 5.16 Å². The van der Waals surface area contributed by atoms with Gasteiger partial charge < -0.3 is 10.3 Å². The van der Waals surface area contributed by atoms with Gasteiger partial charge in [0.25, 0.3) is 0 Å². The van der Waals surface area contributed by atoms with Crippen molar-refractivity contribution in [3.63, 3.8) is 0 Å². The summed E-state index contributed by atoms with van der Waals surface area (Å²) in [5, 5.41) is 2.82. The number of anilines is 1. The van der Waals surface area contributed by atoms with Crippen molar-refractivity contribution in [3.05, 3.63) is 66.6 Å². The summed E-state index contributed by atoms with van der Waals surface area (Å²) in [6, 6.07) is 15.9. The van der Waals surface area contributed by atoms with Gasteiger partial charge in [0.15, 0.2) is 5.16 Å². The number of H-pyrrole nitrogens is 1. The van der Waals surface area contributed by atoms with Gasteiger partial charge in [0, 0.05) is 0 Å². The summed E-state index contributed by atoms with van der Waals surface area (Å²) < 4.78 is 13.6. The molecule has 1 aromatic heterocycles. The van der Waals surface area contributed by atoms with Gasteiger partial charge in [-0.3, -0.25) is 4.79 Å². The summed E-state index contributed by atoms with van der Waals surface area (Å²) in [4.78, 5) is 19.7. The molecule has 0 aliphatic rings. The molecule has 4 nitrogen and oxygen atoms in total. The lowest BCUT2D eigenvalue weighted by Crippen LogP contribution is -2.23. The molecular formula is C18H16FN3OS. The third kappa shape index (κ3) is 3.83. The highest BCUT2D eigenvalue weighted by Crippen LogP contribution is 2.25. The molecule has 1 atom stereocenters. The third-order valence-electron chi connectivity index (χ3n) is 3.43.